The Kier molecular flexibility index (Phi) is 8.07. The molecule has 0 spiro atoms. The van der Waals surface area contributed by atoms with Gasteiger partial charge in [-0.2, -0.15) is 4.31 Å². The van der Waals surface area contributed by atoms with E-state index in [-0.39, 0.29) is 17.2 Å². The number of rotatable bonds is 9. The van der Waals surface area contributed by atoms with Crippen molar-refractivity contribution in [1.29, 1.82) is 0 Å². The number of amides is 1. The van der Waals surface area contributed by atoms with Crippen LogP contribution < -0.4 is 10.1 Å². The van der Waals surface area contributed by atoms with E-state index in [0.29, 0.717) is 36.0 Å². The zero-order valence-electron chi connectivity index (χ0n) is 17.2. The maximum Gasteiger partial charge on any atom is 0.243 e. The summed E-state index contributed by atoms with van der Waals surface area (Å²) >= 11 is 6.09. The third-order valence-corrected chi connectivity index (χ3v) is 7.13. The third-order valence-electron chi connectivity index (χ3n) is 4.66. The van der Waals surface area contributed by atoms with Crippen molar-refractivity contribution in [1.82, 2.24) is 4.31 Å². The van der Waals surface area contributed by atoms with Crippen molar-refractivity contribution in [2.75, 3.05) is 25.5 Å². The van der Waals surface area contributed by atoms with Crippen LogP contribution in [0.1, 0.15) is 31.4 Å². The summed E-state index contributed by atoms with van der Waals surface area (Å²) in [5, 5.41) is 3.41. The second-order valence-corrected chi connectivity index (χ2v) is 8.93. The molecule has 0 aromatic heterocycles. The standard InChI is InChI=1S/C21H27ClN2O4S/c1-5-24(6-2)29(26,27)17-10-7-16(8-11-17)9-12-21(25)23-19-13-15(3)18(22)14-20(19)28-4/h7-8,10-11,13-14H,5-6,9,12H2,1-4H3,(H,23,25). The Morgan fingerprint density at radius 1 is 1.14 bits per heavy atom. The monoisotopic (exact) mass is 438 g/mol. The number of hydrogen-bond donors (Lipinski definition) is 1. The second-order valence-electron chi connectivity index (χ2n) is 6.58. The van der Waals surface area contributed by atoms with Crippen molar-refractivity contribution in [2.45, 2.75) is 38.5 Å². The van der Waals surface area contributed by atoms with Gasteiger partial charge in [-0.15, -0.1) is 0 Å². The fraction of sp³-hybridized carbons (Fsp3) is 0.381. The molecule has 0 atom stereocenters. The topological polar surface area (TPSA) is 75.7 Å². The van der Waals surface area contributed by atoms with E-state index in [1.807, 2.05) is 20.8 Å². The molecule has 0 fully saturated rings. The van der Waals surface area contributed by atoms with Crippen molar-refractivity contribution >= 4 is 33.2 Å². The van der Waals surface area contributed by atoms with E-state index in [2.05, 4.69) is 5.32 Å². The van der Waals surface area contributed by atoms with Crippen molar-refractivity contribution in [3.8, 4) is 5.75 Å². The van der Waals surface area contributed by atoms with Gasteiger partial charge in [0.05, 0.1) is 17.7 Å². The number of carbonyl (C=O) groups excluding carboxylic acids is 1. The highest BCUT2D eigenvalue weighted by molar-refractivity contribution is 7.89. The Morgan fingerprint density at radius 3 is 2.31 bits per heavy atom. The van der Waals surface area contributed by atoms with Crippen LogP contribution in [0.4, 0.5) is 5.69 Å². The highest BCUT2D eigenvalue weighted by Gasteiger charge is 2.21. The molecule has 0 aliphatic heterocycles. The van der Waals surface area contributed by atoms with E-state index < -0.39 is 10.0 Å². The smallest absolute Gasteiger partial charge is 0.243 e. The number of carbonyl (C=O) groups is 1. The van der Waals surface area contributed by atoms with Crippen LogP contribution in [-0.4, -0.2) is 38.8 Å². The SMILES string of the molecule is CCN(CC)S(=O)(=O)c1ccc(CCC(=O)Nc2cc(C)c(Cl)cc2OC)cc1. The average molecular weight is 439 g/mol. The third kappa shape index (κ3) is 5.72. The molecule has 0 heterocycles. The van der Waals surface area contributed by atoms with Crippen molar-refractivity contribution < 1.29 is 17.9 Å². The number of halogens is 1. The van der Waals surface area contributed by atoms with E-state index in [1.54, 1.807) is 36.4 Å². The second kappa shape index (κ2) is 10.1. The first-order chi connectivity index (χ1) is 13.7. The minimum Gasteiger partial charge on any atom is -0.495 e. The molecule has 158 valence electrons. The fourth-order valence-electron chi connectivity index (χ4n) is 2.94. The van der Waals surface area contributed by atoms with Crippen LogP contribution in [0.2, 0.25) is 5.02 Å². The summed E-state index contributed by atoms with van der Waals surface area (Å²) in [6.07, 6.45) is 0.749. The van der Waals surface area contributed by atoms with Gasteiger partial charge in [0, 0.05) is 30.6 Å². The summed E-state index contributed by atoms with van der Waals surface area (Å²) in [6.45, 7) is 6.32. The summed E-state index contributed by atoms with van der Waals surface area (Å²) in [4.78, 5) is 12.6. The van der Waals surface area contributed by atoms with Crippen LogP contribution in [0.25, 0.3) is 0 Å². The lowest BCUT2D eigenvalue weighted by molar-refractivity contribution is -0.116. The lowest BCUT2D eigenvalue weighted by Crippen LogP contribution is -2.30. The maximum absolute atomic E-state index is 12.5. The van der Waals surface area contributed by atoms with E-state index >= 15 is 0 Å². The molecule has 0 aliphatic rings. The van der Waals surface area contributed by atoms with E-state index in [0.717, 1.165) is 11.1 Å². The Bertz CT molecular complexity index is 955. The highest BCUT2D eigenvalue weighted by atomic mass is 35.5. The minimum absolute atomic E-state index is 0.162. The summed E-state index contributed by atoms with van der Waals surface area (Å²) in [7, 11) is -1.96. The first-order valence-electron chi connectivity index (χ1n) is 9.46. The van der Waals surface area contributed by atoms with Crippen molar-refractivity contribution in [3.05, 3.63) is 52.5 Å². The van der Waals surface area contributed by atoms with E-state index in [9.17, 15) is 13.2 Å². The Balaban J connectivity index is 2.02. The lowest BCUT2D eigenvalue weighted by Gasteiger charge is -2.18. The van der Waals surface area contributed by atoms with Gasteiger partial charge in [0.2, 0.25) is 15.9 Å². The predicted octanol–water partition coefficient (Wildman–Crippen LogP) is 4.26. The number of nitrogens with zero attached hydrogens (tertiary/aromatic N) is 1. The van der Waals surface area contributed by atoms with Gasteiger partial charge in [-0.3, -0.25) is 4.79 Å². The molecule has 2 aromatic carbocycles. The number of sulfonamides is 1. The number of aryl methyl sites for hydroxylation is 2. The van der Waals surface area contributed by atoms with Gasteiger partial charge in [0.1, 0.15) is 5.75 Å². The van der Waals surface area contributed by atoms with Crippen LogP contribution in [0.5, 0.6) is 5.75 Å². The maximum atomic E-state index is 12.5. The number of hydrogen-bond acceptors (Lipinski definition) is 4. The largest absolute Gasteiger partial charge is 0.495 e. The van der Waals surface area contributed by atoms with Gasteiger partial charge in [-0.25, -0.2) is 8.42 Å². The molecule has 2 aromatic rings. The first-order valence-corrected chi connectivity index (χ1v) is 11.3. The molecule has 0 bridgehead atoms. The van der Waals surface area contributed by atoms with E-state index in [1.165, 1.54) is 11.4 Å². The molecular weight excluding hydrogens is 412 g/mol. The Morgan fingerprint density at radius 2 is 1.76 bits per heavy atom. The summed E-state index contributed by atoms with van der Waals surface area (Å²) < 4.78 is 31.7. The van der Waals surface area contributed by atoms with Gasteiger partial charge in [0.25, 0.3) is 0 Å². The molecule has 2 rings (SSSR count). The molecule has 0 aliphatic carbocycles. The number of methoxy groups -OCH3 is 1. The molecule has 29 heavy (non-hydrogen) atoms. The normalized spacial score (nSPS) is 11.5. The molecule has 0 saturated heterocycles. The zero-order valence-corrected chi connectivity index (χ0v) is 18.7. The van der Waals surface area contributed by atoms with Gasteiger partial charge in [0.15, 0.2) is 0 Å². The number of nitrogens with one attached hydrogen (secondary N) is 1. The quantitative estimate of drug-likeness (QED) is 0.634. The summed E-state index contributed by atoms with van der Waals surface area (Å²) in [6, 6.07) is 10.1. The van der Waals surface area contributed by atoms with Gasteiger partial charge < -0.3 is 10.1 Å². The fourth-order valence-corrected chi connectivity index (χ4v) is 4.55. The summed E-state index contributed by atoms with van der Waals surface area (Å²) in [5.74, 6) is 0.338. The zero-order chi connectivity index (χ0) is 21.6. The van der Waals surface area contributed by atoms with Gasteiger partial charge >= 0.3 is 0 Å². The van der Waals surface area contributed by atoms with Crippen molar-refractivity contribution in [3.63, 3.8) is 0 Å². The minimum atomic E-state index is -3.48. The number of anilines is 1. The predicted molar refractivity (Wildman–Crippen MR) is 116 cm³/mol. The van der Waals surface area contributed by atoms with Crippen LogP contribution in [0.15, 0.2) is 41.3 Å². The average Bonchev–Trinajstić information content (AvgIpc) is 2.70. The lowest BCUT2D eigenvalue weighted by atomic mass is 10.1. The number of ether oxygens (including phenoxy) is 1. The van der Waals surface area contributed by atoms with Crippen LogP contribution in [0, 0.1) is 6.92 Å². The molecular formula is C21H27ClN2O4S. The molecule has 8 heteroatoms. The summed E-state index contributed by atoms with van der Waals surface area (Å²) in [5.41, 5.74) is 2.30. The molecule has 0 radical (unpaired) electrons. The van der Waals surface area contributed by atoms with Gasteiger partial charge in [-0.1, -0.05) is 37.6 Å². The molecule has 0 saturated carbocycles. The molecule has 0 unspecified atom stereocenters. The first kappa shape index (κ1) is 23.2. The Hall–Kier alpha value is -2.09. The van der Waals surface area contributed by atoms with Crippen LogP contribution in [-0.2, 0) is 21.2 Å². The molecule has 1 N–H and O–H groups in total. The van der Waals surface area contributed by atoms with E-state index in [4.69, 9.17) is 16.3 Å². The molecule has 1 amide bonds. The van der Waals surface area contributed by atoms with Crippen LogP contribution >= 0.6 is 11.6 Å². The highest BCUT2D eigenvalue weighted by Crippen LogP contribution is 2.31. The number of benzene rings is 2. The Labute approximate surface area is 177 Å². The van der Waals surface area contributed by atoms with Gasteiger partial charge in [-0.05, 0) is 42.7 Å². The van der Waals surface area contributed by atoms with Crippen LogP contribution in [0.3, 0.4) is 0 Å². The molecule has 6 nitrogen and oxygen atoms in total. The van der Waals surface area contributed by atoms with Crippen molar-refractivity contribution in [2.24, 2.45) is 0 Å².